The van der Waals surface area contributed by atoms with Crippen LogP contribution in [0.2, 0.25) is 0 Å². The van der Waals surface area contributed by atoms with Crippen LogP contribution in [0.1, 0.15) is 22.8 Å². The lowest BCUT2D eigenvalue weighted by atomic mass is 10.3. The molecule has 15 heavy (non-hydrogen) atoms. The summed E-state index contributed by atoms with van der Waals surface area (Å²) in [7, 11) is 0. The molecule has 2 rings (SSSR count). The van der Waals surface area contributed by atoms with Gasteiger partial charge >= 0.3 is 0 Å². The van der Waals surface area contributed by atoms with E-state index in [0.717, 1.165) is 22.8 Å². The van der Waals surface area contributed by atoms with Gasteiger partial charge in [-0.1, -0.05) is 0 Å². The average molecular weight is 206 g/mol. The van der Waals surface area contributed by atoms with Crippen molar-refractivity contribution in [2.75, 3.05) is 0 Å². The number of nitrogens with one attached hydrogen (secondary N) is 1. The maximum absolute atomic E-state index is 5.31. The molecule has 0 radical (unpaired) electrons. The second kappa shape index (κ2) is 4.31. The van der Waals surface area contributed by atoms with Gasteiger partial charge in [0.1, 0.15) is 11.5 Å². The molecule has 0 aromatic carbocycles. The first-order valence-electron chi connectivity index (χ1n) is 4.89. The highest BCUT2D eigenvalue weighted by atomic mass is 16.3. The number of aromatic nitrogens is 1. The molecule has 0 saturated carbocycles. The van der Waals surface area contributed by atoms with Gasteiger partial charge < -0.3 is 14.2 Å². The molecule has 2 heterocycles. The van der Waals surface area contributed by atoms with E-state index in [0.29, 0.717) is 13.1 Å². The van der Waals surface area contributed by atoms with Crippen LogP contribution in [0.15, 0.2) is 27.6 Å². The van der Waals surface area contributed by atoms with E-state index in [1.54, 1.807) is 6.26 Å². The molecule has 0 saturated heterocycles. The molecule has 0 aliphatic rings. The van der Waals surface area contributed by atoms with Gasteiger partial charge in [-0.25, -0.2) is 4.98 Å². The second-order valence-electron chi connectivity index (χ2n) is 3.55. The van der Waals surface area contributed by atoms with E-state index in [-0.39, 0.29) is 0 Å². The van der Waals surface area contributed by atoms with Crippen molar-refractivity contribution in [2.45, 2.75) is 26.9 Å². The predicted octanol–water partition coefficient (Wildman–Crippen LogP) is 2.17. The van der Waals surface area contributed by atoms with Gasteiger partial charge in [-0.05, 0) is 25.5 Å². The van der Waals surface area contributed by atoms with Crippen molar-refractivity contribution >= 4 is 0 Å². The smallest absolute Gasteiger partial charge is 0.181 e. The van der Waals surface area contributed by atoms with E-state index in [9.17, 15) is 0 Å². The monoisotopic (exact) mass is 206 g/mol. The Labute approximate surface area is 88.3 Å². The number of furan rings is 1. The van der Waals surface area contributed by atoms with Gasteiger partial charge in [0, 0.05) is 6.54 Å². The number of oxazole rings is 1. The van der Waals surface area contributed by atoms with Crippen molar-refractivity contribution < 1.29 is 8.83 Å². The Bertz CT molecular complexity index is 431. The lowest BCUT2D eigenvalue weighted by Crippen LogP contribution is -2.13. The van der Waals surface area contributed by atoms with E-state index >= 15 is 0 Å². The van der Waals surface area contributed by atoms with Crippen molar-refractivity contribution in [3.8, 4) is 0 Å². The third-order valence-corrected chi connectivity index (χ3v) is 2.22. The molecule has 0 aliphatic carbocycles. The lowest BCUT2D eigenvalue weighted by Gasteiger charge is -1.99. The molecular formula is C11H14N2O2. The minimum atomic E-state index is 0.697. The standard InChI is InChI=1S/C11H14N2O2/c1-8-3-10(14-6-8)4-12-5-11-9(2)15-7-13-11/h3,6-7,12H,4-5H2,1-2H3. The van der Waals surface area contributed by atoms with Gasteiger partial charge in [0.25, 0.3) is 0 Å². The number of rotatable bonds is 4. The summed E-state index contributed by atoms with van der Waals surface area (Å²) in [5.74, 6) is 1.80. The first kappa shape index (κ1) is 9.98. The van der Waals surface area contributed by atoms with Crippen molar-refractivity contribution in [1.29, 1.82) is 0 Å². The predicted molar refractivity (Wildman–Crippen MR) is 55.2 cm³/mol. The number of aryl methyl sites for hydroxylation is 2. The summed E-state index contributed by atoms with van der Waals surface area (Å²) >= 11 is 0. The average Bonchev–Trinajstić information content (AvgIpc) is 2.77. The molecule has 1 N–H and O–H groups in total. The number of nitrogens with zero attached hydrogens (tertiary/aromatic N) is 1. The molecule has 0 fully saturated rings. The summed E-state index contributed by atoms with van der Waals surface area (Å²) in [6.07, 6.45) is 3.21. The molecule has 0 spiro atoms. The third kappa shape index (κ3) is 2.47. The molecule has 2 aromatic rings. The Kier molecular flexibility index (Phi) is 2.87. The van der Waals surface area contributed by atoms with Gasteiger partial charge in [-0.2, -0.15) is 0 Å². The van der Waals surface area contributed by atoms with Crippen LogP contribution in [0.5, 0.6) is 0 Å². The van der Waals surface area contributed by atoms with Crippen LogP contribution in [-0.4, -0.2) is 4.98 Å². The van der Waals surface area contributed by atoms with Gasteiger partial charge in [0.15, 0.2) is 6.39 Å². The molecule has 0 bridgehead atoms. The molecular weight excluding hydrogens is 192 g/mol. The van der Waals surface area contributed by atoms with Crippen molar-refractivity contribution in [2.24, 2.45) is 0 Å². The third-order valence-electron chi connectivity index (χ3n) is 2.22. The minimum absolute atomic E-state index is 0.697. The number of hydrogen-bond acceptors (Lipinski definition) is 4. The Morgan fingerprint density at radius 3 is 2.73 bits per heavy atom. The molecule has 0 amide bonds. The summed E-state index contributed by atoms with van der Waals surface area (Å²) in [5, 5.41) is 3.24. The fraction of sp³-hybridized carbons (Fsp3) is 0.364. The topological polar surface area (TPSA) is 51.2 Å². The van der Waals surface area contributed by atoms with E-state index in [1.165, 1.54) is 6.39 Å². The Balaban J connectivity index is 1.83. The first-order valence-corrected chi connectivity index (χ1v) is 4.89. The Morgan fingerprint density at radius 1 is 1.27 bits per heavy atom. The fourth-order valence-electron chi connectivity index (χ4n) is 1.39. The SMILES string of the molecule is Cc1coc(CNCc2ncoc2C)c1. The highest BCUT2D eigenvalue weighted by Crippen LogP contribution is 2.07. The first-order chi connectivity index (χ1) is 7.25. The maximum Gasteiger partial charge on any atom is 0.181 e. The van der Waals surface area contributed by atoms with Crippen LogP contribution in [-0.2, 0) is 13.1 Å². The van der Waals surface area contributed by atoms with Crippen molar-refractivity contribution in [3.05, 3.63) is 41.5 Å². The molecule has 4 heteroatoms. The van der Waals surface area contributed by atoms with Gasteiger partial charge in [0.05, 0.1) is 18.5 Å². The van der Waals surface area contributed by atoms with Gasteiger partial charge in [-0.3, -0.25) is 0 Å². The van der Waals surface area contributed by atoms with Crippen molar-refractivity contribution in [1.82, 2.24) is 10.3 Å². The van der Waals surface area contributed by atoms with E-state index < -0.39 is 0 Å². The maximum atomic E-state index is 5.31. The highest BCUT2D eigenvalue weighted by molar-refractivity contribution is 5.10. The minimum Gasteiger partial charge on any atom is -0.468 e. The largest absolute Gasteiger partial charge is 0.468 e. The Morgan fingerprint density at radius 2 is 2.13 bits per heavy atom. The normalized spacial score (nSPS) is 10.8. The quantitative estimate of drug-likeness (QED) is 0.833. The molecule has 4 nitrogen and oxygen atoms in total. The highest BCUT2D eigenvalue weighted by Gasteiger charge is 2.03. The van der Waals surface area contributed by atoms with Crippen LogP contribution in [0.25, 0.3) is 0 Å². The van der Waals surface area contributed by atoms with Crippen LogP contribution < -0.4 is 5.32 Å². The number of hydrogen-bond donors (Lipinski definition) is 1. The van der Waals surface area contributed by atoms with Crippen molar-refractivity contribution in [3.63, 3.8) is 0 Å². The van der Waals surface area contributed by atoms with Gasteiger partial charge in [0.2, 0.25) is 0 Å². The molecule has 0 aliphatic heterocycles. The summed E-state index contributed by atoms with van der Waals surface area (Å²) in [4.78, 5) is 4.09. The van der Waals surface area contributed by atoms with Crippen LogP contribution in [0.3, 0.4) is 0 Å². The zero-order valence-electron chi connectivity index (χ0n) is 8.91. The van der Waals surface area contributed by atoms with Gasteiger partial charge in [-0.15, -0.1) is 0 Å². The molecule has 0 unspecified atom stereocenters. The summed E-state index contributed by atoms with van der Waals surface area (Å²) in [6.45, 7) is 5.32. The Hall–Kier alpha value is -1.55. The lowest BCUT2D eigenvalue weighted by molar-refractivity contribution is 0.479. The van der Waals surface area contributed by atoms with E-state index in [2.05, 4.69) is 10.3 Å². The molecule has 2 aromatic heterocycles. The summed E-state index contributed by atoms with van der Waals surface area (Å²) in [5.41, 5.74) is 2.09. The summed E-state index contributed by atoms with van der Waals surface area (Å²) < 4.78 is 10.4. The van der Waals surface area contributed by atoms with E-state index in [4.69, 9.17) is 8.83 Å². The van der Waals surface area contributed by atoms with Crippen LogP contribution in [0, 0.1) is 13.8 Å². The fourth-order valence-corrected chi connectivity index (χ4v) is 1.39. The zero-order chi connectivity index (χ0) is 10.7. The molecule has 0 atom stereocenters. The zero-order valence-corrected chi connectivity index (χ0v) is 8.91. The molecule has 80 valence electrons. The van der Waals surface area contributed by atoms with Crippen LogP contribution >= 0.6 is 0 Å². The van der Waals surface area contributed by atoms with E-state index in [1.807, 2.05) is 19.9 Å². The summed E-state index contributed by atoms with van der Waals surface area (Å²) in [6, 6.07) is 2.02. The van der Waals surface area contributed by atoms with Crippen LogP contribution in [0.4, 0.5) is 0 Å². The second-order valence-corrected chi connectivity index (χ2v) is 3.55.